The molecule has 0 bridgehead atoms. The van der Waals surface area contributed by atoms with Gasteiger partial charge in [0.1, 0.15) is 17.1 Å². The van der Waals surface area contributed by atoms with E-state index >= 15 is 0 Å². The number of hydrogen-bond donors (Lipinski definition) is 0. The number of carbonyl (C=O) groups is 2. The first-order valence-electron chi connectivity index (χ1n) is 6.77. The van der Waals surface area contributed by atoms with Crippen molar-refractivity contribution in [3.05, 3.63) is 64.4 Å². The second-order valence-electron chi connectivity index (χ2n) is 4.74. The fraction of sp³-hybridized carbons (Fsp3) is 0.176. The lowest BCUT2D eigenvalue weighted by Crippen LogP contribution is -2.25. The summed E-state index contributed by atoms with van der Waals surface area (Å²) in [7, 11) is 1.51. The number of ketones is 1. The van der Waals surface area contributed by atoms with Crippen LogP contribution in [0.1, 0.15) is 27.6 Å². The van der Waals surface area contributed by atoms with E-state index in [-0.39, 0.29) is 10.6 Å². The molecule has 2 aromatic rings. The molecule has 0 aromatic heterocycles. The predicted octanol–water partition coefficient (Wildman–Crippen LogP) is 3.92. The van der Waals surface area contributed by atoms with Crippen LogP contribution < -0.4 is 4.74 Å². The Morgan fingerprint density at radius 2 is 1.78 bits per heavy atom. The zero-order valence-electron chi connectivity index (χ0n) is 12.5. The highest BCUT2D eigenvalue weighted by molar-refractivity contribution is 6.33. The fourth-order valence-electron chi connectivity index (χ4n) is 1.96. The van der Waals surface area contributed by atoms with Gasteiger partial charge < -0.3 is 9.47 Å². The van der Waals surface area contributed by atoms with Crippen molar-refractivity contribution >= 4 is 23.4 Å². The highest BCUT2D eigenvalue weighted by Crippen LogP contribution is 2.21. The number of ether oxygens (including phenoxy) is 2. The number of rotatable bonds is 5. The number of esters is 1. The van der Waals surface area contributed by atoms with Gasteiger partial charge in [-0.15, -0.1) is 0 Å². The molecule has 0 saturated carbocycles. The lowest BCUT2D eigenvalue weighted by atomic mass is 10.1. The van der Waals surface area contributed by atoms with Crippen LogP contribution in [0.2, 0.25) is 5.02 Å². The van der Waals surface area contributed by atoms with Crippen LogP contribution in [0.25, 0.3) is 0 Å². The molecule has 120 valence electrons. The van der Waals surface area contributed by atoms with Crippen LogP contribution in [0.4, 0.5) is 4.39 Å². The molecule has 0 aliphatic rings. The Morgan fingerprint density at radius 3 is 2.35 bits per heavy atom. The van der Waals surface area contributed by atoms with Gasteiger partial charge in [0, 0.05) is 5.56 Å². The number of Topliss-reactive ketones (excluding diaryl/α,β-unsaturated/α-hetero) is 1. The average Bonchev–Trinajstić information content (AvgIpc) is 2.54. The van der Waals surface area contributed by atoms with Crippen molar-refractivity contribution in [2.24, 2.45) is 0 Å². The molecule has 0 N–H and O–H groups in total. The van der Waals surface area contributed by atoms with Gasteiger partial charge in [-0.25, -0.2) is 9.18 Å². The number of carbonyl (C=O) groups excluding carboxylic acids is 2. The zero-order valence-corrected chi connectivity index (χ0v) is 13.3. The van der Waals surface area contributed by atoms with Gasteiger partial charge in [-0.3, -0.25) is 4.79 Å². The lowest BCUT2D eigenvalue weighted by Gasteiger charge is -2.13. The van der Waals surface area contributed by atoms with E-state index in [9.17, 15) is 14.0 Å². The maximum Gasteiger partial charge on any atom is 0.343 e. The highest BCUT2D eigenvalue weighted by atomic mass is 35.5. The molecule has 0 aliphatic heterocycles. The summed E-state index contributed by atoms with van der Waals surface area (Å²) in [6.45, 7) is 1.42. The van der Waals surface area contributed by atoms with Crippen LogP contribution in [0.5, 0.6) is 5.75 Å². The second kappa shape index (κ2) is 7.24. The minimum Gasteiger partial charge on any atom is -0.497 e. The Kier molecular flexibility index (Phi) is 5.34. The Hall–Kier alpha value is -2.40. The molecule has 4 nitrogen and oxygen atoms in total. The molecule has 0 spiro atoms. The molecule has 2 rings (SSSR count). The minimum absolute atomic E-state index is 0.0703. The topological polar surface area (TPSA) is 52.6 Å². The van der Waals surface area contributed by atoms with Crippen molar-refractivity contribution in [2.75, 3.05) is 7.11 Å². The Morgan fingerprint density at radius 1 is 1.13 bits per heavy atom. The van der Waals surface area contributed by atoms with E-state index < -0.39 is 23.7 Å². The van der Waals surface area contributed by atoms with Gasteiger partial charge in [-0.05, 0) is 43.3 Å². The van der Waals surface area contributed by atoms with E-state index in [2.05, 4.69) is 0 Å². The molecule has 6 heteroatoms. The van der Waals surface area contributed by atoms with E-state index in [0.29, 0.717) is 11.3 Å². The summed E-state index contributed by atoms with van der Waals surface area (Å²) in [5.74, 6) is -1.59. The quantitative estimate of drug-likeness (QED) is 0.613. The summed E-state index contributed by atoms with van der Waals surface area (Å²) in [6.07, 6.45) is -1.08. The summed E-state index contributed by atoms with van der Waals surface area (Å²) < 4.78 is 23.7. The van der Waals surface area contributed by atoms with Gasteiger partial charge in [-0.1, -0.05) is 17.7 Å². The number of hydrogen-bond acceptors (Lipinski definition) is 4. The van der Waals surface area contributed by atoms with Gasteiger partial charge in [-0.2, -0.15) is 0 Å². The number of benzene rings is 2. The SMILES string of the molecule is COc1ccc(C(=O)[C@H](C)OC(=O)c2c(F)cccc2Cl)cc1. The van der Waals surface area contributed by atoms with Gasteiger partial charge in [0.05, 0.1) is 12.1 Å². The number of halogens is 2. The maximum atomic E-state index is 13.7. The van der Waals surface area contributed by atoms with Crippen LogP contribution in [0, 0.1) is 5.82 Å². The minimum atomic E-state index is -1.08. The van der Waals surface area contributed by atoms with Crippen LogP contribution in [0.15, 0.2) is 42.5 Å². The lowest BCUT2D eigenvalue weighted by molar-refractivity contribution is 0.0314. The Balaban J connectivity index is 2.12. The van der Waals surface area contributed by atoms with Crippen LogP contribution in [0.3, 0.4) is 0 Å². The number of methoxy groups -OCH3 is 1. The van der Waals surface area contributed by atoms with E-state index in [1.54, 1.807) is 24.3 Å². The van der Waals surface area contributed by atoms with E-state index in [1.165, 1.54) is 26.2 Å². The zero-order chi connectivity index (χ0) is 17.0. The van der Waals surface area contributed by atoms with E-state index in [1.807, 2.05) is 0 Å². The first-order chi connectivity index (χ1) is 10.9. The molecule has 0 amide bonds. The summed E-state index contributed by atoms with van der Waals surface area (Å²) in [5, 5.41) is -0.0703. The second-order valence-corrected chi connectivity index (χ2v) is 5.14. The van der Waals surface area contributed by atoms with Crippen molar-refractivity contribution in [2.45, 2.75) is 13.0 Å². The summed E-state index contributed by atoms with van der Waals surface area (Å²) >= 11 is 5.80. The molecule has 0 saturated heterocycles. The molecule has 1 atom stereocenters. The Labute approximate surface area is 137 Å². The average molecular weight is 337 g/mol. The van der Waals surface area contributed by atoms with Crippen molar-refractivity contribution in [3.8, 4) is 5.75 Å². The van der Waals surface area contributed by atoms with Crippen molar-refractivity contribution in [1.29, 1.82) is 0 Å². The molecule has 2 aromatic carbocycles. The van der Waals surface area contributed by atoms with Gasteiger partial charge in [0.15, 0.2) is 6.10 Å². The standard InChI is InChI=1S/C17H14ClFO4/c1-10(16(20)11-6-8-12(22-2)9-7-11)23-17(21)15-13(18)4-3-5-14(15)19/h3-10H,1-2H3/t10-/m0/s1. The highest BCUT2D eigenvalue weighted by Gasteiger charge is 2.24. The molecular formula is C17H14ClFO4. The monoisotopic (exact) mass is 336 g/mol. The van der Waals surface area contributed by atoms with Crippen LogP contribution >= 0.6 is 11.6 Å². The predicted molar refractivity (Wildman–Crippen MR) is 83.6 cm³/mol. The van der Waals surface area contributed by atoms with Gasteiger partial charge >= 0.3 is 5.97 Å². The first kappa shape index (κ1) is 17.0. The molecular weight excluding hydrogens is 323 g/mol. The first-order valence-corrected chi connectivity index (χ1v) is 7.15. The third kappa shape index (κ3) is 3.87. The summed E-state index contributed by atoms with van der Waals surface area (Å²) in [4.78, 5) is 24.3. The Bertz CT molecular complexity index is 708. The van der Waals surface area contributed by atoms with Gasteiger partial charge in [0.25, 0.3) is 0 Å². The van der Waals surface area contributed by atoms with E-state index in [0.717, 1.165) is 6.07 Å². The summed E-state index contributed by atoms with van der Waals surface area (Å²) in [5.41, 5.74) is -0.0331. The fourth-order valence-corrected chi connectivity index (χ4v) is 2.20. The van der Waals surface area contributed by atoms with Crippen LogP contribution in [-0.2, 0) is 4.74 Å². The summed E-state index contributed by atoms with van der Waals surface area (Å²) in [6, 6.07) is 10.2. The molecule has 0 heterocycles. The molecule has 0 unspecified atom stereocenters. The molecule has 0 fully saturated rings. The molecule has 0 radical (unpaired) electrons. The smallest absolute Gasteiger partial charge is 0.343 e. The molecule has 23 heavy (non-hydrogen) atoms. The maximum absolute atomic E-state index is 13.7. The van der Waals surface area contributed by atoms with Crippen molar-refractivity contribution in [3.63, 3.8) is 0 Å². The van der Waals surface area contributed by atoms with Gasteiger partial charge in [0.2, 0.25) is 5.78 Å². The van der Waals surface area contributed by atoms with E-state index in [4.69, 9.17) is 21.1 Å². The molecule has 0 aliphatic carbocycles. The van der Waals surface area contributed by atoms with Crippen molar-refractivity contribution < 1.29 is 23.5 Å². The largest absolute Gasteiger partial charge is 0.497 e. The van der Waals surface area contributed by atoms with Crippen LogP contribution in [-0.4, -0.2) is 25.0 Å². The normalized spacial score (nSPS) is 11.7. The third-order valence-corrected chi connectivity index (χ3v) is 3.51. The third-order valence-electron chi connectivity index (χ3n) is 3.19. The van der Waals surface area contributed by atoms with Crippen molar-refractivity contribution in [1.82, 2.24) is 0 Å².